The van der Waals surface area contributed by atoms with Crippen molar-refractivity contribution in [2.75, 3.05) is 33.0 Å². The van der Waals surface area contributed by atoms with Crippen molar-refractivity contribution in [1.29, 1.82) is 0 Å². The lowest BCUT2D eigenvalue weighted by molar-refractivity contribution is -0.332. The van der Waals surface area contributed by atoms with Crippen LogP contribution in [0, 0.1) is 0 Å². The van der Waals surface area contributed by atoms with Crippen LogP contribution in [0.4, 0.5) is 0 Å². The van der Waals surface area contributed by atoms with E-state index >= 15 is 0 Å². The van der Waals surface area contributed by atoms with Gasteiger partial charge in [-0.3, -0.25) is 4.79 Å². The van der Waals surface area contributed by atoms with Gasteiger partial charge in [-0.1, -0.05) is 170 Å². The van der Waals surface area contributed by atoms with Gasteiger partial charge in [0.05, 0.1) is 26.4 Å². The van der Waals surface area contributed by atoms with Crippen LogP contribution in [0.3, 0.4) is 0 Å². The Morgan fingerprint density at radius 1 is 0.493 bits per heavy atom. The van der Waals surface area contributed by atoms with Crippen LogP contribution in [-0.4, -0.2) is 142 Å². The van der Waals surface area contributed by atoms with Crippen LogP contribution in [0.1, 0.15) is 155 Å². The summed E-state index contributed by atoms with van der Waals surface area (Å²) in [7, 11) is 0. The van der Waals surface area contributed by atoms with Crippen LogP contribution in [0.15, 0.2) is 85.1 Å². The monoisotopic (exact) mass is 977 g/mol. The number of carbonyl (C=O) groups is 1. The molecule has 0 saturated carbocycles. The number of hydrogen-bond donors (Lipinski definition) is 7. The van der Waals surface area contributed by atoms with Crippen molar-refractivity contribution in [3.8, 4) is 0 Å². The minimum atomic E-state index is -1.72. The number of rotatable bonds is 40. The van der Waals surface area contributed by atoms with Gasteiger partial charge < -0.3 is 64.2 Å². The summed E-state index contributed by atoms with van der Waals surface area (Å²) in [5.41, 5.74) is 0. The standard InChI is InChI=1S/C55H92O14/c1-3-5-7-9-11-13-15-17-18-19-20-21-22-23-24-25-26-27-28-30-32-34-36-38-47(57)67-44(41-64-39-37-35-33-31-29-16-14-12-10-8-6-4-2)42-65-54-53(63)51(61)49(59)46(69-54)43-66-55-52(62)50(60)48(58)45(40-56)68-55/h5,7,11,13,17-18,20-21,23-24,26-27,30,32,44-46,48-56,58-63H,3-4,6,8-10,12,14-16,19,22,25,28-29,31,33-43H2,1-2H3/b7-5-,13-11-,18-17-,21-20-,24-23-,27-26-,32-30-. The molecule has 0 aromatic heterocycles. The molecule has 396 valence electrons. The van der Waals surface area contributed by atoms with Gasteiger partial charge in [0.25, 0.3) is 0 Å². The first kappa shape index (κ1) is 62.3. The van der Waals surface area contributed by atoms with Gasteiger partial charge in [0, 0.05) is 13.0 Å². The molecule has 7 N–H and O–H groups in total. The van der Waals surface area contributed by atoms with E-state index in [9.17, 15) is 40.5 Å². The second kappa shape index (κ2) is 41.8. The minimum Gasteiger partial charge on any atom is -0.457 e. The number of aliphatic hydroxyl groups is 7. The Hall–Kier alpha value is -2.83. The molecule has 2 heterocycles. The van der Waals surface area contributed by atoms with Crippen LogP contribution in [-0.2, 0) is 33.2 Å². The van der Waals surface area contributed by atoms with E-state index in [4.69, 9.17) is 28.4 Å². The van der Waals surface area contributed by atoms with Gasteiger partial charge in [0.15, 0.2) is 12.6 Å². The van der Waals surface area contributed by atoms with Crippen LogP contribution in [0.2, 0.25) is 0 Å². The van der Waals surface area contributed by atoms with E-state index < -0.39 is 86.7 Å². The Morgan fingerprint density at radius 2 is 0.928 bits per heavy atom. The summed E-state index contributed by atoms with van der Waals surface area (Å²) in [6.45, 7) is 3.48. The lowest BCUT2D eigenvalue weighted by Gasteiger charge is -2.42. The molecule has 0 amide bonds. The molecule has 2 aliphatic heterocycles. The zero-order chi connectivity index (χ0) is 50.2. The fraction of sp³-hybridized carbons (Fsp3) is 0.727. The first-order valence-corrected chi connectivity index (χ1v) is 26.2. The second-order valence-electron chi connectivity index (χ2n) is 18.0. The number of esters is 1. The highest BCUT2D eigenvalue weighted by Gasteiger charge is 2.47. The van der Waals surface area contributed by atoms with E-state index in [2.05, 4.69) is 92.8 Å². The average molecular weight is 977 g/mol. The first-order chi connectivity index (χ1) is 33.6. The first-order valence-electron chi connectivity index (χ1n) is 26.2. The number of ether oxygens (including phenoxy) is 6. The smallest absolute Gasteiger partial charge is 0.306 e. The van der Waals surface area contributed by atoms with E-state index in [1.165, 1.54) is 57.8 Å². The highest BCUT2D eigenvalue weighted by atomic mass is 16.7. The zero-order valence-corrected chi connectivity index (χ0v) is 42.0. The van der Waals surface area contributed by atoms with Gasteiger partial charge in [-0.25, -0.2) is 0 Å². The molecule has 2 rings (SSSR count). The van der Waals surface area contributed by atoms with Gasteiger partial charge in [-0.05, 0) is 64.2 Å². The largest absolute Gasteiger partial charge is 0.457 e. The van der Waals surface area contributed by atoms with Crippen LogP contribution >= 0.6 is 0 Å². The van der Waals surface area contributed by atoms with Gasteiger partial charge in [-0.2, -0.15) is 0 Å². The van der Waals surface area contributed by atoms with Crippen molar-refractivity contribution in [1.82, 2.24) is 0 Å². The molecule has 0 aromatic rings. The summed E-state index contributed by atoms with van der Waals surface area (Å²) >= 11 is 0. The second-order valence-corrected chi connectivity index (χ2v) is 18.0. The van der Waals surface area contributed by atoms with Gasteiger partial charge >= 0.3 is 5.97 Å². The van der Waals surface area contributed by atoms with E-state index in [-0.39, 0.29) is 19.6 Å². The van der Waals surface area contributed by atoms with Gasteiger partial charge in [0.2, 0.25) is 0 Å². The topological polar surface area (TPSA) is 214 Å². The van der Waals surface area contributed by atoms with Crippen molar-refractivity contribution in [3.63, 3.8) is 0 Å². The van der Waals surface area contributed by atoms with Crippen LogP contribution in [0.5, 0.6) is 0 Å². The summed E-state index contributed by atoms with van der Waals surface area (Å²) in [5.74, 6) is -0.436. The quantitative estimate of drug-likeness (QED) is 0.0176. The van der Waals surface area contributed by atoms with Crippen LogP contribution in [0.25, 0.3) is 0 Å². The zero-order valence-electron chi connectivity index (χ0n) is 42.0. The fourth-order valence-electron chi connectivity index (χ4n) is 7.68. The summed E-state index contributed by atoms with van der Waals surface area (Å²) < 4.78 is 34.2. The third-order valence-electron chi connectivity index (χ3n) is 11.9. The Kier molecular flexibility index (Phi) is 37.7. The molecule has 14 nitrogen and oxygen atoms in total. The number of aliphatic hydroxyl groups excluding tert-OH is 7. The lowest BCUT2D eigenvalue weighted by atomic mass is 9.98. The fourth-order valence-corrected chi connectivity index (χ4v) is 7.68. The van der Waals surface area contributed by atoms with Crippen LogP contribution < -0.4 is 0 Å². The molecule has 0 spiro atoms. The molecule has 0 bridgehead atoms. The van der Waals surface area contributed by atoms with Crippen molar-refractivity contribution >= 4 is 5.97 Å². The third-order valence-corrected chi connectivity index (χ3v) is 11.9. The molecule has 14 heteroatoms. The summed E-state index contributed by atoms with van der Waals surface area (Å²) in [6.07, 6.45) is 36.5. The molecule has 0 aromatic carbocycles. The van der Waals surface area contributed by atoms with E-state index in [1.54, 1.807) is 0 Å². The van der Waals surface area contributed by atoms with E-state index in [0.29, 0.717) is 19.4 Å². The Balaban J connectivity index is 1.78. The van der Waals surface area contributed by atoms with Crippen molar-refractivity contribution in [2.24, 2.45) is 0 Å². The minimum absolute atomic E-state index is 0.0350. The van der Waals surface area contributed by atoms with E-state index in [1.807, 2.05) is 6.08 Å². The van der Waals surface area contributed by atoms with Crippen molar-refractivity contribution in [2.45, 2.75) is 223 Å². The SMILES string of the molecule is CC/C=C\C/C=C\C/C=C\C/C=C\C/C=C\C/C=C\C/C=C\CCCC(=O)OC(COCCCCCCCCCCCCCC)COC1OC(COC2OC(CO)C(O)C(O)C2O)C(O)C(O)C1O. The Bertz CT molecular complexity index is 1460. The number of unbranched alkanes of at least 4 members (excludes halogenated alkanes) is 12. The molecule has 11 unspecified atom stereocenters. The average Bonchev–Trinajstić information content (AvgIpc) is 3.35. The molecule has 2 aliphatic rings. The van der Waals surface area contributed by atoms with Crippen molar-refractivity contribution < 1.29 is 69.0 Å². The molecule has 2 saturated heterocycles. The Morgan fingerprint density at radius 3 is 1.42 bits per heavy atom. The predicted octanol–water partition coefficient (Wildman–Crippen LogP) is 8.07. The number of hydrogen-bond acceptors (Lipinski definition) is 14. The number of carbonyl (C=O) groups excluding carboxylic acids is 1. The highest BCUT2D eigenvalue weighted by Crippen LogP contribution is 2.26. The highest BCUT2D eigenvalue weighted by molar-refractivity contribution is 5.69. The van der Waals surface area contributed by atoms with E-state index in [0.717, 1.165) is 64.2 Å². The molecule has 2 fully saturated rings. The summed E-state index contributed by atoms with van der Waals surface area (Å²) in [5, 5.41) is 72.1. The summed E-state index contributed by atoms with van der Waals surface area (Å²) in [4.78, 5) is 13.0. The maximum absolute atomic E-state index is 13.0. The number of allylic oxidation sites excluding steroid dienone is 14. The Labute approximate surface area is 414 Å². The maximum Gasteiger partial charge on any atom is 0.306 e. The molecule has 69 heavy (non-hydrogen) atoms. The van der Waals surface area contributed by atoms with Gasteiger partial charge in [-0.15, -0.1) is 0 Å². The van der Waals surface area contributed by atoms with Crippen molar-refractivity contribution in [3.05, 3.63) is 85.1 Å². The predicted molar refractivity (Wildman–Crippen MR) is 270 cm³/mol. The molecule has 11 atom stereocenters. The molecular formula is C55H92O14. The third kappa shape index (κ3) is 29.3. The molecular weight excluding hydrogens is 885 g/mol. The maximum atomic E-state index is 13.0. The lowest BCUT2D eigenvalue weighted by Crippen LogP contribution is -2.61. The van der Waals surface area contributed by atoms with Gasteiger partial charge in [0.1, 0.15) is 54.9 Å². The molecule has 0 aliphatic carbocycles. The normalized spacial score (nSPS) is 26.4. The molecule has 0 radical (unpaired) electrons. The summed E-state index contributed by atoms with van der Waals surface area (Å²) in [6, 6.07) is 0.